The molecule has 0 saturated carbocycles. The predicted molar refractivity (Wildman–Crippen MR) is 77.5 cm³/mol. The van der Waals surface area contributed by atoms with E-state index in [0.29, 0.717) is 11.4 Å². The highest BCUT2D eigenvalue weighted by atomic mass is 35.5. The molecule has 0 heterocycles. The monoisotopic (exact) mass is 290 g/mol. The molecular formula is C14H11ClN2O3. The lowest BCUT2D eigenvalue weighted by molar-refractivity contribution is 0.0697. The molecule has 102 valence electrons. The Morgan fingerprint density at radius 1 is 0.950 bits per heavy atom. The Hall–Kier alpha value is -2.53. The first kappa shape index (κ1) is 13.9. The molecule has 2 rings (SSSR count). The maximum atomic E-state index is 11.7. The van der Waals surface area contributed by atoms with Crippen molar-refractivity contribution in [3.05, 3.63) is 59.1 Å². The highest BCUT2D eigenvalue weighted by molar-refractivity contribution is 6.33. The first-order valence-electron chi connectivity index (χ1n) is 5.72. The number of benzene rings is 2. The first-order chi connectivity index (χ1) is 9.56. The molecule has 0 radical (unpaired) electrons. The molecule has 0 aliphatic carbocycles. The smallest absolute Gasteiger partial charge is 0.337 e. The Morgan fingerprint density at radius 3 is 2.25 bits per heavy atom. The van der Waals surface area contributed by atoms with Gasteiger partial charge in [0.05, 0.1) is 10.6 Å². The Labute approximate surface area is 120 Å². The van der Waals surface area contributed by atoms with Gasteiger partial charge in [-0.25, -0.2) is 9.59 Å². The van der Waals surface area contributed by atoms with Gasteiger partial charge in [0.25, 0.3) is 0 Å². The van der Waals surface area contributed by atoms with Gasteiger partial charge in [-0.15, -0.1) is 0 Å². The topological polar surface area (TPSA) is 78.4 Å². The third-order valence-electron chi connectivity index (χ3n) is 2.49. The fourth-order valence-corrected chi connectivity index (χ4v) is 1.78. The van der Waals surface area contributed by atoms with E-state index in [2.05, 4.69) is 10.6 Å². The van der Waals surface area contributed by atoms with Crippen molar-refractivity contribution in [3.8, 4) is 0 Å². The second kappa shape index (κ2) is 6.08. The summed E-state index contributed by atoms with van der Waals surface area (Å²) >= 11 is 5.75. The number of hydrogen-bond acceptors (Lipinski definition) is 2. The van der Waals surface area contributed by atoms with Crippen LogP contribution in [-0.2, 0) is 0 Å². The summed E-state index contributed by atoms with van der Waals surface area (Å²) in [6.07, 6.45) is 0. The zero-order chi connectivity index (χ0) is 14.5. The van der Waals surface area contributed by atoms with Crippen molar-refractivity contribution in [3.63, 3.8) is 0 Å². The molecule has 2 aromatic carbocycles. The lowest BCUT2D eigenvalue weighted by atomic mass is 10.2. The molecule has 5 nitrogen and oxygen atoms in total. The van der Waals surface area contributed by atoms with Crippen molar-refractivity contribution in [2.45, 2.75) is 0 Å². The normalized spacial score (nSPS) is 9.85. The Morgan fingerprint density at radius 2 is 1.60 bits per heavy atom. The van der Waals surface area contributed by atoms with Crippen LogP contribution >= 0.6 is 11.6 Å². The minimum Gasteiger partial charge on any atom is -0.478 e. The number of carbonyl (C=O) groups is 2. The third-order valence-corrected chi connectivity index (χ3v) is 2.82. The minimum absolute atomic E-state index is 0.0656. The van der Waals surface area contributed by atoms with Crippen LogP contribution in [0.2, 0.25) is 5.02 Å². The van der Waals surface area contributed by atoms with Gasteiger partial charge in [0, 0.05) is 11.4 Å². The molecule has 0 aliphatic heterocycles. The van der Waals surface area contributed by atoms with Crippen LogP contribution < -0.4 is 10.6 Å². The van der Waals surface area contributed by atoms with Crippen LogP contribution in [0.5, 0.6) is 0 Å². The predicted octanol–water partition coefficient (Wildman–Crippen LogP) is 3.68. The fraction of sp³-hybridized carbons (Fsp3) is 0. The van der Waals surface area contributed by atoms with Gasteiger partial charge in [-0.3, -0.25) is 0 Å². The van der Waals surface area contributed by atoms with Crippen molar-refractivity contribution in [2.75, 3.05) is 10.6 Å². The minimum atomic E-state index is -1.15. The molecule has 0 saturated heterocycles. The lowest BCUT2D eigenvalue weighted by Gasteiger charge is -2.08. The summed E-state index contributed by atoms with van der Waals surface area (Å²) in [5.41, 5.74) is 0.918. The third kappa shape index (κ3) is 3.49. The molecule has 0 unspecified atom stereocenters. The number of amides is 2. The average molecular weight is 291 g/mol. The van der Waals surface area contributed by atoms with E-state index >= 15 is 0 Å². The highest BCUT2D eigenvalue weighted by Gasteiger charge is 2.10. The van der Waals surface area contributed by atoms with Gasteiger partial charge in [0.15, 0.2) is 0 Å². The fourth-order valence-electron chi connectivity index (χ4n) is 1.58. The molecule has 0 bridgehead atoms. The van der Waals surface area contributed by atoms with Crippen LogP contribution in [-0.4, -0.2) is 17.1 Å². The van der Waals surface area contributed by atoms with E-state index in [1.165, 1.54) is 18.2 Å². The molecule has 6 heteroatoms. The highest BCUT2D eigenvalue weighted by Crippen LogP contribution is 2.20. The van der Waals surface area contributed by atoms with Crippen LogP contribution in [0, 0.1) is 0 Å². The van der Waals surface area contributed by atoms with Crippen molar-refractivity contribution in [2.24, 2.45) is 0 Å². The van der Waals surface area contributed by atoms with Gasteiger partial charge >= 0.3 is 12.0 Å². The van der Waals surface area contributed by atoms with Gasteiger partial charge in [-0.1, -0.05) is 29.8 Å². The summed E-state index contributed by atoms with van der Waals surface area (Å²) in [6, 6.07) is 12.7. The van der Waals surface area contributed by atoms with Crippen molar-refractivity contribution >= 4 is 35.0 Å². The summed E-state index contributed by atoms with van der Waals surface area (Å²) < 4.78 is 0. The Balaban J connectivity index is 2.08. The van der Waals surface area contributed by atoms with Gasteiger partial charge in [0.1, 0.15) is 0 Å². The Kier molecular flexibility index (Phi) is 4.22. The van der Waals surface area contributed by atoms with E-state index < -0.39 is 12.0 Å². The van der Waals surface area contributed by atoms with Crippen molar-refractivity contribution in [1.82, 2.24) is 0 Å². The zero-order valence-corrected chi connectivity index (χ0v) is 11.0. The van der Waals surface area contributed by atoms with Crippen LogP contribution in [0.25, 0.3) is 0 Å². The molecule has 0 aliphatic rings. The molecule has 0 atom stereocenters. The van der Waals surface area contributed by atoms with Gasteiger partial charge in [-0.05, 0) is 30.3 Å². The van der Waals surface area contributed by atoms with Crippen LogP contribution in [0.4, 0.5) is 16.2 Å². The number of para-hydroxylation sites is 1. The lowest BCUT2D eigenvalue weighted by Crippen LogP contribution is -2.19. The summed E-state index contributed by atoms with van der Waals surface area (Å²) in [5, 5.41) is 14.2. The molecule has 20 heavy (non-hydrogen) atoms. The van der Waals surface area contributed by atoms with E-state index in [1.54, 1.807) is 24.3 Å². The number of halogens is 1. The standard InChI is InChI=1S/C14H11ClN2O3/c15-12-7-6-10(8-11(12)13(18)19)17-14(20)16-9-4-2-1-3-5-9/h1-8H,(H,18,19)(H2,16,17,20). The van der Waals surface area contributed by atoms with Crippen LogP contribution in [0.3, 0.4) is 0 Å². The summed E-state index contributed by atoms with van der Waals surface area (Å²) in [4.78, 5) is 22.7. The van der Waals surface area contributed by atoms with E-state index in [0.717, 1.165) is 0 Å². The maximum Gasteiger partial charge on any atom is 0.337 e. The molecule has 3 N–H and O–H groups in total. The number of carbonyl (C=O) groups excluding carboxylic acids is 1. The molecule has 0 spiro atoms. The summed E-state index contributed by atoms with van der Waals surface area (Å²) in [6.45, 7) is 0. The van der Waals surface area contributed by atoms with Gasteiger partial charge in [0.2, 0.25) is 0 Å². The van der Waals surface area contributed by atoms with Crippen LogP contribution in [0.15, 0.2) is 48.5 Å². The van der Waals surface area contributed by atoms with Crippen LogP contribution in [0.1, 0.15) is 10.4 Å². The van der Waals surface area contributed by atoms with E-state index in [1.807, 2.05) is 6.07 Å². The number of anilines is 2. The van der Waals surface area contributed by atoms with Crippen molar-refractivity contribution < 1.29 is 14.7 Å². The zero-order valence-electron chi connectivity index (χ0n) is 10.3. The van der Waals surface area contributed by atoms with E-state index in [9.17, 15) is 9.59 Å². The molecule has 2 amide bonds. The van der Waals surface area contributed by atoms with E-state index in [-0.39, 0.29) is 10.6 Å². The SMILES string of the molecule is O=C(Nc1ccccc1)Nc1ccc(Cl)c(C(=O)O)c1. The second-order valence-corrected chi connectivity index (χ2v) is 4.35. The maximum absolute atomic E-state index is 11.7. The number of aromatic carboxylic acids is 1. The summed E-state index contributed by atoms with van der Waals surface area (Å²) in [5.74, 6) is -1.15. The molecule has 0 fully saturated rings. The average Bonchev–Trinajstić information content (AvgIpc) is 2.41. The molecule has 0 aromatic heterocycles. The van der Waals surface area contributed by atoms with Gasteiger partial charge in [-0.2, -0.15) is 0 Å². The second-order valence-electron chi connectivity index (χ2n) is 3.94. The number of carboxylic acid groups (broad SMARTS) is 1. The Bertz CT molecular complexity index is 644. The van der Waals surface area contributed by atoms with Crippen molar-refractivity contribution in [1.29, 1.82) is 0 Å². The number of nitrogens with one attached hydrogen (secondary N) is 2. The van der Waals surface area contributed by atoms with Gasteiger partial charge < -0.3 is 15.7 Å². The number of urea groups is 1. The largest absolute Gasteiger partial charge is 0.478 e. The first-order valence-corrected chi connectivity index (χ1v) is 6.10. The number of hydrogen-bond donors (Lipinski definition) is 3. The number of rotatable bonds is 3. The van der Waals surface area contributed by atoms with E-state index in [4.69, 9.17) is 16.7 Å². The number of carboxylic acids is 1. The molecular weight excluding hydrogens is 280 g/mol. The quantitative estimate of drug-likeness (QED) is 0.807. The summed E-state index contributed by atoms with van der Waals surface area (Å²) in [7, 11) is 0. The molecule has 2 aromatic rings.